The van der Waals surface area contributed by atoms with Crippen molar-refractivity contribution in [1.82, 2.24) is 0 Å². The van der Waals surface area contributed by atoms with E-state index in [2.05, 4.69) is 11.8 Å². The molecule has 0 aliphatic carbocycles. The van der Waals surface area contributed by atoms with Crippen LogP contribution in [-0.2, 0) is 15.3 Å². The third kappa shape index (κ3) is 5.71. The van der Waals surface area contributed by atoms with Crippen LogP contribution in [0.2, 0.25) is 0 Å². The minimum absolute atomic E-state index is 0.00103. The van der Waals surface area contributed by atoms with E-state index in [0.717, 1.165) is 12.3 Å². The molecule has 1 aliphatic heterocycles. The fourth-order valence-corrected chi connectivity index (χ4v) is 5.02. The van der Waals surface area contributed by atoms with Crippen molar-refractivity contribution in [2.45, 2.75) is 55.2 Å². The lowest BCUT2D eigenvalue weighted by molar-refractivity contribution is -0.385. The number of ether oxygens (including phenoxy) is 1. The average Bonchev–Trinajstić information content (AvgIpc) is 2.78. The normalized spacial score (nSPS) is 18.9. The van der Waals surface area contributed by atoms with Gasteiger partial charge in [-0.05, 0) is 49.6 Å². The van der Waals surface area contributed by atoms with Crippen molar-refractivity contribution in [3.05, 3.63) is 62.7 Å². The Bertz CT molecular complexity index is 1470. The standard InChI is InChI=1S/C25H23F3N2O6S/c1-16-11-17(14-29)12-21(30(32)33)19(16)5-4-8-24(31,25(26,27)28)15-23(2)9-10-36-22-7-6-18(13-20(22)23)37(3,34)35/h6-7,11-13,31H,8-10,15H2,1-3H3. The Hall–Kier alpha value is -3.61. The van der Waals surface area contributed by atoms with Gasteiger partial charge in [0.2, 0.25) is 0 Å². The predicted octanol–water partition coefficient (Wildman–Crippen LogP) is 4.34. The van der Waals surface area contributed by atoms with Crippen molar-refractivity contribution in [1.29, 1.82) is 5.26 Å². The van der Waals surface area contributed by atoms with E-state index < -0.39 is 50.5 Å². The van der Waals surface area contributed by atoms with Crippen molar-refractivity contribution in [2.75, 3.05) is 12.9 Å². The molecule has 2 aromatic carbocycles. The van der Waals surface area contributed by atoms with Crippen LogP contribution in [0.1, 0.15) is 48.4 Å². The van der Waals surface area contributed by atoms with Gasteiger partial charge >= 0.3 is 6.18 Å². The molecule has 3 rings (SSSR count). The van der Waals surface area contributed by atoms with E-state index in [0.29, 0.717) is 0 Å². The summed E-state index contributed by atoms with van der Waals surface area (Å²) in [4.78, 5) is 10.5. The van der Waals surface area contributed by atoms with Gasteiger partial charge in [-0.2, -0.15) is 18.4 Å². The van der Waals surface area contributed by atoms with Crippen molar-refractivity contribution in [3.8, 4) is 23.7 Å². The number of fused-ring (bicyclic) bond motifs is 1. The number of rotatable bonds is 5. The maximum Gasteiger partial charge on any atom is 0.418 e. The van der Waals surface area contributed by atoms with Crippen LogP contribution in [0.15, 0.2) is 35.2 Å². The Morgan fingerprint density at radius 1 is 1.27 bits per heavy atom. The van der Waals surface area contributed by atoms with Gasteiger partial charge in [0.15, 0.2) is 15.4 Å². The molecule has 2 atom stereocenters. The first kappa shape index (κ1) is 28.0. The quantitative estimate of drug-likeness (QED) is 0.342. The van der Waals surface area contributed by atoms with Crippen LogP contribution in [-0.4, -0.2) is 43.1 Å². The van der Waals surface area contributed by atoms with Crippen molar-refractivity contribution in [2.24, 2.45) is 0 Å². The predicted molar refractivity (Wildman–Crippen MR) is 127 cm³/mol. The number of hydrogen-bond acceptors (Lipinski definition) is 7. The van der Waals surface area contributed by atoms with Crippen LogP contribution in [0.5, 0.6) is 5.75 Å². The first-order valence-corrected chi connectivity index (χ1v) is 12.8. The van der Waals surface area contributed by atoms with Gasteiger partial charge in [-0.3, -0.25) is 10.1 Å². The highest BCUT2D eigenvalue weighted by Crippen LogP contribution is 2.49. The van der Waals surface area contributed by atoms with Gasteiger partial charge in [-0.15, -0.1) is 0 Å². The van der Waals surface area contributed by atoms with E-state index in [-0.39, 0.29) is 45.9 Å². The summed E-state index contributed by atoms with van der Waals surface area (Å²) in [5.41, 5.74) is -4.88. The van der Waals surface area contributed by atoms with E-state index in [1.54, 1.807) is 6.07 Å². The molecule has 0 fully saturated rings. The lowest BCUT2D eigenvalue weighted by Gasteiger charge is -2.42. The Morgan fingerprint density at radius 3 is 2.51 bits per heavy atom. The van der Waals surface area contributed by atoms with E-state index in [1.807, 2.05) is 0 Å². The molecular formula is C25H23F3N2O6S. The third-order valence-corrected chi connectivity index (χ3v) is 7.50. The molecule has 196 valence electrons. The SMILES string of the molecule is Cc1cc(C#N)cc([N+](=O)[O-])c1C#CCC(O)(CC1(C)CCOc2ccc(S(C)(=O)=O)cc21)C(F)(F)F. The minimum Gasteiger partial charge on any atom is -0.493 e. The monoisotopic (exact) mass is 536 g/mol. The summed E-state index contributed by atoms with van der Waals surface area (Å²) in [7, 11) is -3.66. The lowest BCUT2D eigenvalue weighted by atomic mass is 9.69. The molecular weight excluding hydrogens is 513 g/mol. The zero-order valence-corrected chi connectivity index (χ0v) is 21.0. The highest BCUT2D eigenvalue weighted by molar-refractivity contribution is 7.90. The number of alkyl halides is 3. The molecule has 37 heavy (non-hydrogen) atoms. The minimum atomic E-state index is -5.12. The largest absolute Gasteiger partial charge is 0.493 e. The van der Waals surface area contributed by atoms with E-state index in [4.69, 9.17) is 10.00 Å². The van der Waals surface area contributed by atoms with Crippen molar-refractivity contribution >= 4 is 15.5 Å². The second-order valence-corrected chi connectivity index (χ2v) is 11.3. The van der Waals surface area contributed by atoms with Crippen LogP contribution in [0.4, 0.5) is 18.9 Å². The molecule has 8 nitrogen and oxygen atoms in total. The van der Waals surface area contributed by atoms with E-state index >= 15 is 0 Å². The number of sulfone groups is 1. The first-order valence-electron chi connectivity index (χ1n) is 11.0. The highest BCUT2D eigenvalue weighted by Gasteiger charge is 2.57. The van der Waals surface area contributed by atoms with Crippen LogP contribution >= 0.6 is 0 Å². The Balaban J connectivity index is 2.04. The molecule has 1 aliphatic rings. The molecule has 0 saturated carbocycles. The van der Waals surface area contributed by atoms with Crippen LogP contribution in [0.25, 0.3) is 0 Å². The van der Waals surface area contributed by atoms with Gasteiger partial charge in [0.25, 0.3) is 5.69 Å². The summed E-state index contributed by atoms with van der Waals surface area (Å²) in [6.07, 6.45) is -6.02. The topological polar surface area (TPSA) is 131 Å². The van der Waals surface area contributed by atoms with Gasteiger partial charge in [0, 0.05) is 29.7 Å². The number of nitrogens with zero attached hydrogens (tertiary/aromatic N) is 2. The summed E-state index contributed by atoms with van der Waals surface area (Å²) in [5, 5.41) is 31.3. The molecule has 0 radical (unpaired) electrons. The van der Waals surface area contributed by atoms with Gasteiger partial charge in [-0.25, -0.2) is 8.42 Å². The summed E-state index contributed by atoms with van der Waals surface area (Å²) >= 11 is 0. The molecule has 0 bridgehead atoms. The van der Waals surface area contributed by atoms with Crippen LogP contribution in [0, 0.1) is 40.2 Å². The first-order chi connectivity index (χ1) is 17.0. The van der Waals surface area contributed by atoms with Gasteiger partial charge in [-0.1, -0.05) is 18.8 Å². The van der Waals surface area contributed by atoms with Gasteiger partial charge < -0.3 is 9.84 Å². The second-order valence-electron chi connectivity index (χ2n) is 9.33. The second kappa shape index (κ2) is 9.69. The fraction of sp³-hybridized carbons (Fsp3) is 0.400. The molecule has 0 saturated heterocycles. The molecule has 0 amide bonds. The van der Waals surface area contributed by atoms with E-state index in [1.165, 1.54) is 38.1 Å². The lowest BCUT2D eigenvalue weighted by Crippen LogP contribution is -2.50. The van der Waals surface area contributed by atoms with Crippen LogP contribution < -0.4 is 4.74 Å². The zero-order valence-electron chi connectivity index (χ0n) is 20.1. The number of benzene rings is 2. The van der Waals surface area contributed by atoms with Gasteiger partial charge in [0.1, 0.15) is 11.3 Å². The summed E-state index contributed by atoms with van der Waals surface area (Å²) < 4.78 is 72.2. The smallest absolute Gasteiger partial charge is 0.418 e. The fourth-order valence-electron chi connectivity index (χ4n) is 4.37. The van der Waals surface area contributed by atoms with Gasteiger partial charge in [0.05, 0.1) is 28.1 Å². The van der Waals surface area contributed by atoms with Crippen molar-refractivity contribution in [3.63, 3.8) is 0 Å². The number of hydrogen-bond donors (Lipinski definition) is 1. The number of nitro groups is 1. The molecule has 12 heteroatoms. The third-order valence-electron chi connectivity index (χ3n) is 6.39. The summed E-state index contributed by atoms with van der Waals surface area (Å²) in [6, 6.07) is 8.01. The molecule has 0 spiro atoms. The van der Waals surface area contributed by atoms with Crippen molar-refractivity contribution < 1.29 is 36.4 Å². The Labute approximate surface area is 211 Å². The molecule has 2 aromatic rings. The zero-order chi connectivity index (χ0) is 27.8. The highest BCUT2D eigenvalue weighted by atomic mass is 32.2. The molecule has 2 unspecified atom stereocenters. The molecule has 0 aromatic heterocycles. The number of nitriles is 1. The molecule has 1 heterocycles. The summed E-state index contributed by atoms with van der Waals surface area (Å²) in [5.74, 6) is 4.85. The average molecular weight is 537 g/mol. The number of nitro benzene ring substituents is 1. The number of halogens is 3. The van der Waals surface area contributed by atoms with E-state index in [9.17, 15) is 36.8 Å². The number of aliphatic hydroxyl groups is 1. The maximum absolute atomic E-state index is 14.2. The Kier molecular flexibility index (Phi) is 7.32. The Morgan fingerprint density at radius 2 is 1.95 bits per heavy atom. The summed E-state index contributed by atoms with van der Waals surface area (Å²) in [6.45, 7) is 2.98. The molecule has 1 N–H and O–H groups in total. The number of aryl methyl sites for hydroxylation is 1. The van der Waals surface area contributed by atoms with Crippen LogP contribution in [0.3, 0.4) is 0 Å². The maximum atomic E-state index is 14.2.